The van der Waals surface area contributed by atoms with E-state index in [4.69, 9.17) is 4.42 Å². The number of alkyl halides is 3. The first kappa shape index (κ1) is 22.6. The molecule has 2 N–H and O–H groups in total. The summed E-state index contributed by atoms with van der Waals surface area (Å²) in [5.41, 5.74) is -0.472. The molecule has 0 bridgehead atoms. The third-order valence-corrected chi connectivity index (χ3v) is 6.16. The van der Waals surface area contributed by atoms with Crippen LogP contribution in [0.2, 0.25) is 0 Å². The third kappa shape index (κ3) is 4.73. The second-order valence-corrected chi connectivity index (χ2v) is 8.41. The van der Waals surface area contributed by atoms with Gasteiger partial charge in [-0.15, -0.1) is 11.8 Å². The number of aromatic amines is 1. The van der Waals surface area contributed by atoms with Gasteiger partial charge < -0.3 is 9.73 Å². The quantitative estimate of drug-likeness (QED) is 0.199. The van der Waals surface area contributed by atoms with Crippen LogP contribution < -0.4 is 10.9 Å². The highest BCUT2D eigenvalue weighted by molar-refractivity contribution is 7.98. The highest BCUT2D eigenvalue weighted by Gasteiger charge is 2.33. The van der Waals surface area contributed by atoms with Crippen LogP contribution >= 0.6 is 11.8 Å². The number of nitrogens with one attached hydrogen (secondary N) is 2. The number of hydrogen-bond acceptors (Lipinski definition) is 7. The molecular formula is C23H14F3N5O3S. The Morgan fingerprint density at radius 2 is 1.94 bits per heavy atom. The van der Waals surface area contributed by atoms with Crippen molar-refractivity contribution in [2.45, 2.75) is 17.0 Å². The van der Waals surface area contributed by atoms with Gasteiger partial charge in [-0.2, -0.15) is 18.3 Å². The van der Waals surface area contributed by atoms with E-state index in [-0.39, 0.29) is 16.7 Å². The van der Waals surface area contributed by atoms with Crippen molar-refractivity contribution in [3.63, 3.8) is 0 Å². The molecule has 3 aromatic heterocycles. The number of thioether (sulfide) groups is 1. The maximum atomic E-state index is 13.2. The van der Waals surface area contributed by atoms with E-state index >= 15 is 0 Å². The van der Waals surface area contributed by atoms with Gasteiger partial charge in [-0.25, -0.2) is 14.8 Å². The van der Waals surface area contributed by atoms with Gasteiger partial charge in [0.15, 0.2) is 5.65 Å². The first-order valence-corrected chi connectivity index (χ1v) is 11.1. The lowest BCUT2D eigenvalue weighted by molar-refractivity contribution is -0.136. The van der Waals surface area contributed by atoms with Crippen molar-refractivity contribution in [2.75, 3.05) is 5.32 Å². The molecule has 0 spiro atoms. The molecular weight excluding hydrogens is 483 g/mol. The number of nitrogens with zero attached hydrogens (tertiary/aromatic N) is 3. The van der Waals surface area contributed by atoms with Crippen molar-refractivity contribution in [2.24, 2.45) is 0 Å². The van der Waals surface area contributed by atoms with Crippen LogP contribution in [0.5, 0.6) is 0 Å². The van der Waals surface area contributed by atoms with Crippen molar-refractivity contribution in [1.29, 1.82) is 0 Å². The summed E-state index contributed by atoms with van der Waals surface area (Å²) < 4.78 is 44.6. The lowest BCUT2D eigenvalue weighted by Gasteiger charge is -2.11. The van der Waals surface area contributed by atoms with E-state index in [1.165, 1.54) is 30.2 Å². The predicted molar refractivity (Wildman–Crippen MR) is 123 cm³/mol. The van der Waals surface area contributed by atoms with Crippen molar-refractivity contribution < 1.29 is 22.4 Å². The van der Waals surface area contributed by atoms with Gasteiger partial charge in [-0.05, 0) is 29.8 Å². The molecule has 0 fully saturated rings. The Morgan fingerprint density at radius 3 is 2.77 bits per heavy atom. The molecule has 0 atom stereocenters. The van der Waals surface area contributed by atoms with Crippen LogP contribution in [0.25, 0.3) is 22.0 Å². The molecule has 3 heterocycles. The fraction of sp³-hybridized carbons (Fsp3) is 0.0870. The van der Waals surface area contributed by atoms with Crippen LogP contribution in [0.1, 0.15) is 21.5 Å². The van der Waals surface area contributed by atoms with E-state index in [2.05, 4.69) is 25.5 Å². The molecule has 0 radical (unpaired) electrons. The van der Waals surface area contributed by atoms with Crippen LogP contribution in [-0.2, 0) is 11.9 Å². The highest BCUT2D eigenvalue weighted by atomic mass is 32.2. The number of benzene rings is 2. The molecule has 0 aliphatic carbocycles. The summed E-state index contributed by atoms with van der Waals surface area (Å²) >= 11 is 1.46. The first-order chi connectivity index (χ1) is 16.8. The number of hydrogen-bond donors (Lipinski definition) is 2. The van der Waals surface area contributed by atoms with Crippen LogP contribution in [0, 0.1) is 0 Å². The van der Waals surface area contributed by atoms with E-state index in [1.807, 2.05) is 6.07 Å². The van der Waals surface area contributed by atoms with Gasteiger partial charge in [0.1, 0.15) is 16.9 Å². The van der Waals surface area contributed by atoms with E-state index in [9.17, 15) is 22.8 Å². The minimum atomic E-state index is -4.72. The van der Waals surface area contributed by atoms with Crippen molar-refractivity contribution in [3.8, 4) is 0 Å². The number of rotatable bonds is 5. The van der Waals surface area contributed by atoms with Gasteiger partial charge in [0, 0.05) is 34.5 Å². The molecule has 12 heteroatoms. The number of carbonyl (C=O) groups excluding carboxylic acids is 1. The number of aromatic nitrogens is 4. The largest absolute Gasteiger partial charge is 0.423 e. The van der Waals surface area contributed by atoms with Gasteiger partial charge in [0.05, 0.1) is 17.1 Å². The lowest BCUT2D eigenvalue weighted by Crippen LogP contribution is -2.13. The van der Waals surface area contributed by atoms with Crippen LogP contribution in [-0.4, -0.2) is 26.1 Å². The zero-order valence-electron chi connectivity index (χ0n) is 17.6. The Balaban J connectivity index is 1.34. The number of halogens is 3. The molecule has 0 aliphatic rings. The van der Waals surface area contributed by atoms with E-state index in [0.29, 0.717) is 23.0 Å². The van der Waals surface area contributed by atoms with Crippen molar-refractivity contribution in [1.82, 2.24) is 20.2 Å². The molecule has 2 aromatic carbocycles. The molecule has 0 aliphatic heterocycles. The topological polar surface area (TPSA) is 114 Å². The minimum Gasteiger partial charge on any atom is -0.423 e. The SMILES string of the molecule is O=C(Nc1ccc2c(C(F)(F)F)cc(=O)oc2c1)c1cccc(CSc2ncnc3[nH]ncc23)c1. The van der Waals surface area contributed by atoms with Gasteiger partial charge >= 0.3 is 11.8 Å². The average molecular weight is 497 g/mol. The number of fused-ring (bicyclic) bond motifs is 2. The Morgan fingerprint density at radius 1 is 1.09 bits per heavy atom. The lowest BCUT2D eigenvalue weighted by atomic mass is 10.1. The number of amides is 1. The standard InChI is InChI=1S/C23H14F3N5O3S/c24-23(25,26)17-8-19(32)34-18-7-14(4-5-15(17)18)30-21(33)13-3-1-2-12(6-13)10-35-22-16-9-29-31-20(16)27-11-28-22/h1-9,11H,10H2,(H,30,33)(H,27,28,29,31). The Hall–Kier alpha value is -4.19. The monoisotopic (exact) mass is 497 g/mol. The molecule has 5 aromatic rings. The summed E-state index contributed by atoms with van der Waals surface area (Å²) in [6.07, 6.45) is -1.63. The highest BCUT2D eigenvalue weighted by Crippen LogP contribution is 2.34. The second kappa shape index (κ2) is 8.87. The molecule has 0 saturated carbocycles. The fourth-order valence-corrected chi connectivity index (χ4v) is 4.40. The molecule has 0 saturated heterocycles. The summed E-state index contributed by atoms with van der Waals surface area (Å²) in [6, 6.07) is 11.0. The molecule has 35 heavy (non-hydrogen) atoms. The van der Waals surface area contributed by atoms with Gasteiger partial charge in [-0.1, -0.05) is 12.1 Å². The van der Waals surface area contributed by atoms with Crippen molar-refractivity contribution >= 4 is 45.4 Å². The van der Waals surface area contributed by atoms with Crippen LogP contribution in [0.3, 0.4) is 0 Å². The summed E-state index contributed by atoms with van der Waals surface area (Å²) in [5, 5.41) is 10.6. The van der Waals surface area contributed by atoms with Gasteiger partial charge in [0.25, 0.3) is 5.91 Å². The molecule has 176 valence electrons. The third-order valence-electron chi connectivity index (χ3n) is 5.08. The van der Waals surface area contributed by atoms with Crippen LogP contribution in [0.4, 0.5) is 18.9 Å². The Kier molecular flexibility index (Phi) is 5.73. The molecule has 1 amide bonds. The van der Waals surface area contributed by atoms with Crippen LogP contribution in [0.15, 0.2) is 75.3 Å². The maximum Gasteiger partial charge on any atom is 0.417 e. The number of H-pyrrole nitrogens is 1. The maximum absolute atomic E-state index is 13.2. The minimum absolute atomic E-state index is 0.188. The summed E-state index contributed by atoms with van der Waals surface area (Å²) in [7, 11) is 0. The van der Waals surface area contributed by atoms with Gasteiger partial charge in [-0.3, -0.25) is 9.89 Å². The summed E-state index contributed by atoms with van der Waals surface area (Å²) in [5.74, 6) is 0.0598. The molecule has 8 nitrogen and oxygen atoms in total. The summed E-state index contributed by atoms with van der Waals surface area (Å²) in [6.45, 7) is 0. The number of anilines is 1. The van der Waals surface area contributed by atoms with E-state index < -0.39 is 23.3 Å². The first-order valence-electron chi connectivity index (χ1n) is 10.1. The molecule has 0 unspecified atom stereocenters. The normalized spacial score (nSPS) is 11.7. The second-order valence-electron chi connectivity index (χ2n) is 7.44. The number of carbonyl (C=O) groups is 1. The fourth-order valence-electron chi connectivity index (χ4n) is 3.49. The van der Waals surface area contributed by atoms with E-state index in [1.54, 1.807) is 24.4 Å². The van der Waals surface area contributed by atoms with Gasteiger partial charge in [0.2, 0.25) is 0 Å². The van der Waals surface area contributed by atoms with Crippen molar-refractivity contribution in [3.05, 3.63) is 88.2 Å². The van der Waals surface area contributed by atoms with E-state index in [0.717, 1.165) is 22.0 Å². The zero-order chi connectivity index (χ0) is 24.6. The predicted octanol–water partition coefficient (Wildman–Crippen LogP) is 5.02. The molecule has 5 rings (SSSR count). The zero-order valence-corrected chi connectivity index (χ0v) is 18.4. The summed E-state index contributed by atoms with van der Waals surface area (Å²) in [4.78, 5) is 32.8. The smallest absolute Gasteiger partial charge is 0.417 e. The average Bonchev–Trinajstić information content (AvgIpc) is 3.31. The Labute approximate surface area is 198 Å². The Bertz CT molecular complexity index is 1630.